The number of aliphatic hydroxyl groups excluding tert-OH is 1. The van der Waals surface area contributed by atoms with Gasteiger partial charge in [-0.15, -0.1) is 0 Å². The Balaban J connectivity index is 1.91. The van der Waals surface area contributed by atoms with Crippen molar-refractivity contribution in [1.82, 2.24) is 14.7 Å². The lowest BCUT2D eigenvalue weighted by Gasteiger charge is -2.28. The molecule has 0 fully saturated rings. The van der Waals surface area contributed by atoms with E-state index < -0.39 is 17.8 Å². The number of aliphatic hydroxyl groups is 1. The molecule has 1 aliphatic rings. The number of benzene rings is 1. The van der Waals surface area contributed by atoms with Crippen molar-refractivity contribution in [3.63, 3.8) is 0 Å². The maximum absolute atomic E-state index is 13.5. The van der Waals surface area contributed by atoms with Crippen molar-refractivity contribution in [2.75, 3.05) is 26.8 Å². The molecular formula is C20H24F3N3O3. The lowest BCUT2D eigenvalue weighted by atomic mass is 10.0. The second kappa shape index (κ2) is 8.86. The summed E-state index contributed by atoms with van der Waals surface area (Å²) in [4.78, 5) is 14.6. The van der Waals surface area contributed by atoms with Crippen molar-refractivity contribution in [2.24, 2.45) is 0 Å². The topological polar surface area (TPSA) is 67.6 Å². The fourth-order valence-corrected chi connectivity index (χ4v) is 3.52. The monoisotopic (exact) mass is 411 g/mol. The van der Waals surface area contributed by atoms with Crippen LogP contribution in [0.1, 0.15) is 47.4 Å². The molecule has 0 radical (unpaired) electrons. The molecule has 6 nitrogen and oxygen atoms in total. The second-order valence-corrected chi connectivity index (χ2v) is 6.96. The molecule has 29 heavy (non-hydrogen) atoms. The number of nitrogens with zero attached hydrogens (tertiary/aromatic N) is 3. The van der Waals surface area contributed by atoms with E-state index in [1.807, 2.05) is 0 Å². The summed E-state index contributed by atoms with van der Waals surface area (Å²) < 4.78 is 46.8. The molecular weight excluding hydrogens is 387 g/mol. The summed E-state index contributed by atoms with van der Waals surface area (Å²) in [6.07, 6.45) is -1.37. The van der Waals surface area contributed by atoms with Gasteiger partial charge in [0, 0.05) is 25.3 Å². The van der Waals surface area contributed by atoms with Crippen molar-refractivity contribution < 1.29 is 27.8 Å². The Bertz CT molecular complexity index is 847. The van der Waals surface area contributed by atoms with Crippen molar-refractivity contribution in [3.8, 4) is 11.4 Å². The Kier molecular flexibility index (Phi) is 6.46. The highest BCUT2D eigenvalue weighted by atomic mass is 19.4. The zero-order valence-corrected chi connectivity index (χ0v) is 16.2. The van der Waals surface area contributed by atoms with Crippen LogP contribution in [0.5, 0.6) is 5.75 Å². The standard InChI is InChI=1S/C20H24F3N3O3/c1-29-15-8-6-14(7-9-15)26-17-16(18(24-26)20(21,22)23)10-12-25(19(17)28)11-4-2-3-5-13-27/h6-9,27H,2-5,10-13H2,1H3. The predicted octanol–water partition coefficient (Wildman–Crippen LogP) is 3.45. The molecule has 0 saturated heterocycles. The zero-order valence-electron chi connectivity index (χ0n) is 16.2. The molecule has 1 aromatic heterocycles. The smallest absolute Gasteiger partial charge is 0.435 e. The van der Waals surface area contributed by atoms with Gasteiger partial charge >= 0.3 is 6.18 Å². The second-order valence-electron chi connectivity index (χ2n) is 6.96. The number of methoxy groups -OCH3 is 1. The zero-order chi connectivity index (χ0) is 21.0. The molecule has 1 aromatic carbocycles. The number of amides is 1. The van der Waals surface area contributed by atoms with E-state index in [9.17, 15) is 18.0 Å². The van der Waals surface area contributed by atoms with Crippen LogP contribution in [-0.2, 0) is 12.6 Å². The lowest BCUT2D eigenvalue weighted by molar-refractivity contribution is -0.142. The van der Waals surface area contributed by atoms with Gasteiger partial charge in [0.2, 0.25) is 0 Å². The molecule has 1 aliphatic heterocycles. The minimum absolute atomic E-state index is 0.0240. The van der Waals surface area contributed by atoms with Gasteiger partial charge in [0.15, 0.2) is 5.69 Å². The molecule has 0 atom stereocenters. The molecule has 158 valence electrons. The molecule has 0 spiro atoms. The van der Waals surface area contributed by atoms with Crippen molar-refractivity contribution in [3.05, 3.63) is 41.2 Å². The number of carbonyl (C=O) groups excluding carboxylic acids is 1. The van der Waals surface area contributed by atoms with Crippen LogP contribution in [-0.4, -0.2) is 52.5 Å². The fourth-order valence-electron chi connectivity index (χ4n) is 3.52. The Hall–Kier alpha value is -2.55. The maximum atomic E-state index is 13.5. The van der Waals surface area contributed by atoms with Gasteiger partial charge in [-0.25, -0.2) is 4.68 Å². The summed E-state index contributed by atoms with van der Waals surface area (Å²) in [5, 5.41) is 12.6. The number of rotatable bonds is 8. The van der Waals surface area contributed by atoms with Gasteiger partial charge < -0.3 is 14.7 Å². The maximum Gasteiger partial charge on any atom is 0.435 e. The third-order valence-corrected chi connectivity index (χ3v) is 5.03. The van der Waals surface area contributed by atoms with Gasteiger partial charge in [0.25, 0.3) is 5.91 Å². The average Bonchev–Trinajstić information content (AvgIpc) is 3.10. The van der Waals surface area contributed by atoms with Crippen LogP contribution in [0, 0.1) is 0 Å². The van der Waals surface area contributed by atoms with Crippen molar-refractivity contribution >= 4 is 5.91 Å². The molecule has 3 rings (SSSR count). The molecule has 0 unspecified atom stereocenters. The number of aromatic nitrogens is 2. The largest absolute Gasteiger partial charge is 0.497 e. The van der Waals surface area contributed by atoms with E-state index in [0.29, 0.717) is 24.4 Å². The Morgan fingerprint density at radius 3 is 2.45 bits per heavy atom. The highest BCUT2D eigenvalue weighted by Gasteiger charge is 2.43. The van der Waals surface area contributed by atoms with E-state index >= 15 is 0 Å². The van der Waals surface area contributed by atoms with E-state index in [1.165, 1.54) is 7.11 Å². The SMILES string of the molecule is COc1ccc(-n2nc(C(F)(F)F)c3c2C(=O)N(CCCCCCO)CC3)cc1. The van der Waals surface area contributed by atoms with Crippen LogP contribution < -0.4 is 4.74 Å². The lowest BCUT2D eigenvalue weighted by Crippen LogP contribution is -2.39. The van der Waals surface area contributed by atoms with E-state index in [2.05, 4.69) is 5.10 Å². The van der Waals surface area contributed by atoms with Gasteiger partial charge in [-0.1, -0.05) is 12.8 Å². The molecule has 1 amide bonds. The van der Waals surface area contributed by atoms with Crippen LogP contribution in [0.3, 0.4) is 0 Å². The number of carbonyl (C=O) groups is 1. The molecule has 0 bridgehead atoms. The number of unbranched alkanes of at least 4 members (excludes halogenated alkanes) is 3. The number of fused-ring (bicyclic) bond motifs is 1. The molecule has 2 heterocycles. The normalized spacial score (nSPS) is 14.2. The van der Waals surface area contributed by atoms with Gasteiger partial charge in [0.05, 0.1) is 12.8 Å². The summed E-state index contributed by atoms with van der Waals surface area (Å²) in [5.74, 6) is 0.119. The molecule has 9 heteroatoms. The summed E-state index contributed by atoms with van der Waals surface area (Å²) in [6, 6.07) is 6.38. The highest BCUT2D eigenvalue weighted by Crippen LogP contribution is 2.36. The Morgan fingerprint density at radius 1 is 1.14 bits per heavy atom. The van der Waals surface area contributed by atoms with Gasteiger partial charge in [-0.3, -0.25) is 4.79 Å². The molecule has 0 aliphatic carbocycles. The first kappa shape index (κ1) is 21.2. The number of hydrogen-bond donors (Lipinski definition) is 1. The molecule has 1 N–H and O–H groups in total. The Labute approximate surface area is 166 Å². The summed E-state index contributed by atoms with van der Waals surface area (Å²) in [6.45, 7) is 0.843. The van der Waals surface area contributed by atoms with Crippen molar-refractivity contribution in [1.29, 1.82) is 0 Å². The van der Waals surface area contributed by atoms with Crippen LogP contribution in [0.4, 0.5) is 13.2 Å². The minimum Gasteiger partial charge on any atom is -0.497 e. The summed E-state index contributed by atoms with van der Waals surface area (Å²) >= 11 is 0. The quantitative estimate of drug-likeness (QED) is 0.676. The number of halogens is 3. The minimum atomic E-state index is -4.63. The van der Waals surface area contributed by atoms with Crippen LogP contribution >= 0.6 is 0 Å². The fraction of sp³-hybridized carbons (Fsp3) is 0.500. The third-order valence-electron chi connectivity index (χ3n) is 5.03. The summed E-state index contributed by atoms with van der Waals surface area (Å²) in [5.41, 5.74) is -0.700. The van der Waals surface area contributed by atoms with Gasteiger partial charge in [-0.2, -0.15) is 18.3 Å². The predicted molar refractivity (Wildman–Crippen MR) is 100 cm³/mol. The first-order valence-corrected chi connectivity index (χ1v) is 9.60. The first-order chi connectivity index (χ1) is 13.9. The van der Waals surface area contributed by atoms with E-state index in [4.69, 9.17) is 9.84 Å². The number of ether oxygens (including phenoxy) is 1. The highest BCUT2D eigenvalue weighted by molar-refractivity contribution is 5.96. The molecule has 0 saturated carbocycles. The molecule has 2 aromatic rings. The van der Waals surface area contributed by atoms with Crippen LogP contribution in [0.15, 0.2) is 24.3 Å². The van der Waals surface area contributed by atoms with E-state index in [0.717, 1.165) is 23.9 Å². The van der Waals surface area contributed by atoms with E-state index in [-0.39, 0.29) is 30.8 Å². The van der Waals surface area contributed by atoms with E-state index in [1.54, 1.807) is 29.2 Å². The van der Waals surface area contributed by atoms with Gasteiger partial charge in [0.1, 0.15) is 11.4 Å². The average molecular weight is 411 g/mol. The number of alkyl halides is 3. The van der Waals surface area contributed by atoms with Crippen molar-refractivity contribution in [2.45, 2.75) is 38.3 Å². The third kappa shape index (κ3) is 4.55. The van der Waals surface area contributed by atoms with Crippen LogP contribution in [0.2, 0.25) is 0 Å². The Morgan fingerprint density at radius 2 is 1.83 bits per heavy atom. The first-order valence-electron chi connectivity index (χ1n) is 9.60. The summed E-state index contributed by atoms with van der Waals surface area (Å²) in [7, 11) is 1.49. The van der Waals surface area contributed by atoms with Crippen LogP contribution in [0.25, 0.3) is 5.69 Å². The van der Waals surface area contributed by atoms with Gasteiger partial charge in [-0.05, 0) is 43.5 Å². The number of hydrogen-bond acceptors (Lipinski definition) is 4.